The van der Waals surface area contributed by atoms with E-state index in [0.29, 0.717) is 16.9 Å². The van der Waals surface area contributed by atoms with E-state index in [-0.39, 0.29) is 24.2 Å². The van der Waals surface area contributed by atoms with Crippen molar-refractivity contribution in [2.45, 2.75) is 12.8 Å². The third kappa shape index (κ3) is 3.84. The molecule has 0 aliphatic heterocycles. The lowest BCUT2D eigenvalue weighted by Gasteiger charge is -2.02. The third-order valence-electron chi connectivity index (χ3n) is 3.90. The molecule has 6 nitrogen and oxygen atoms in total. The Balaban J connectivity index is 1.79. The molecular weight excluding hydrogens is 330 g/mol. The van der Waals surface area contributed by atoms with E-state index >= 15 is 0 Å². The first kappa shape index (κ1) is 17.1. The van der Waals surface area contributed by atoms with Gasteiger partial charge >= 0.3 is 5.97 Å². The van der Waals surface area contributed by atoms with Gasteiger partial charge in [-0.1, -0.05) is 30.3 Å². The second-order valence-electron chi connectivity index (χ2n) is 5.78. The quantitative estimate of drug-likeness (QED) is 0.741. The van der Waals surface area contributed by atoms with Crippen molar-refractivity contribution in [3.8, 4) is 11.8 Å². The van der Waals surface area contributed by atoms with Crippen LogP contribution in [0.1, 0.15) is 27.2 Å². The minimum Gasteiger partial charge on any atom is -0.478 e. The molecule has 0 atom stereocenters. The maximum atomic E-state index is 12.3. The summed E-state index contributed by atoms with van der Waals surface area (Å²) in [6.45, 7) is 0. The molecule has 26 heavy (non-hydrogen) atoms. The van der Waals surface area contributed by atoms with E-state index in [1.54, 1.807) is 18.3 Å². The molecule has 0 saturated carbocycles. The van der Waals surface area contributed by atoms with Gasteiger partial charge < -0.3 is 5.11 Å². The molecule has 0 radical (unpaired) electrons. The molecule has 128 valence electrons. The molecule has 2 aromatic carbocycles. The molecule has 0 aliphatic rings. The molecule has 0 aliphatic carbocycles. The van der Waals surface area contributed by atoms with Gasteiger partial charge in [-0.05, 0) is 29.8 Å². The summed E-state index contributed by atoms with van der Waals surface area (Å²) in [6.07, 6.45) is 1.89. The summed E-state index contributed by atoms with van der Waals surface area (Å²) in [5, 5.41) is 22.6. The summed E-state index contributed by atoms with van der Waals surface area (Å²) in [6, 6.07) is 17.6. The molecule has 0 fully saturated rings. The Morgan fingerprint density at radius 3 is 2.35 bits per heavy atom. The molecule has 1 aromatic heterocycles. The lowest BCUT2D eigenvalue weighted by Crippen LogP contribution is -2.08. The highest BCUT2D eigenvalue weighted by atomic mass is 16.4. The monoisotopic (exact) mass is 345 g/mol. The van der Waals surface area contributed by atoms with E-state index in [0.717, 1.165) is 5.56 Å². The largest absolute Gasteiger partial charge is 0.478 e. The van der Waals surface area contributed by atoms with Crippen molar-refractivity contribution in [3.05, 3.63) is 83.2 Å². The second kappa shape index (κ2) is 7.45. The fraction of sp³-hybridized carbons (Fsp3) is 0.100. The molecule has 3 aromatic rings. The number of hydrogen-bond donors (Lipinski definition) is 1. The number of nitrogens with zero attached hydrogens (tertiary/aromatic N) is 3. The first-order chi connectivity index (χ1) is 12.6. The number of benzene rings is 2. The van der Waals surface area contributed by atoms with E-state index < -0.39 is 5.97 Å². The van der Waals surface area contributed by atoms with Gasteiger partial charge in [0.2, 0.25) is 0 Å². The number of carbonyl (C=O) groups excluding carboxylic acids is 1. The van der Waals surface area contributed by atoms with Crippen molar-refractivity contribution in [3.63, 3.8) is 0 Å². The van der Waals surface area contributed by atoms with Gasteiger partial charge in [-0.2, -0.15) is 10.4 Å². The first-order valence-corrected chi connectivity index (χ1v) is 7.95. The summed E-state index contributed by atoms with van der Waals surface area (Å²) < 4.78 is 1.48. The fourth-order valence-electron chi connectivity index (χ4n) is 2.60. The van der Waals surface area contributed by atoms with Crippen LogP contribution >= 0.6 is 0 Å². The molecule has 1 N–H and O–H groups in total. The SMILES string of the molecule is N#Cc1cn(-c2ccc(C(=O)O)cc2)nc1CC(=O)Cc1ccccc1. The molecule has 6 heteroatoms. The highest BCUT2D eigenvalue weighted by molar-refractivity contribution is 5.87. The van der Waals surface area contributed by atoms with Gasteiger partial charge in [-0.15, -0.1) is 0 Å². The zero-order chi connectivity index (χ0) is 18.5. The Bertz CT molecular complexity index is 983. The van der Waals surface area contributed by atoms with Crippen LogP contribution in [0.3, 0.4) is 0 Å². The Morgan fingerprint density at radius 2 is 1.73 bits per heavy atom. The molecule has 0 amide bonds. The molecule has 3 rings (SSSR count). The first-order valence-electron chi connectivity index (χ1n) is 7.95. The summed E-state index contributed by atoms with van der Waals surface area (Å²) in [5.41, 5.74) is 2.44. The van der Waals surface area contributed by atoms with Crippen LogP contribution in [-0.4, -0.2) is 26.6 Å². The number of carbonyl (C=O) groups is 2. The summed E-state index contributed by atoms with van der Waals surface area (Å²) >= 11 is 0. The topological polar surface area (TPSA) is 96.0 Å². The van der Waals surface area contributed by atoms with Crippen molar-refractivity contribution < 1.29 is 14.7 Å². The number of Topliss-reactive ketones (excluding diaryl/α,β-unsaturated/α-hetero) is 1. The van der Waals surface area contributed by atoms with E-state index in [4.69, 9.17) is 5.11 Å². The molecule has 0 spiro atoms. The number of carboxylic acids is 1. The van der Waals surface area contributed by atoms with Crippen LogP contribution in [0.15, 0.2) is 60.8 Å². The Hall–Kier alpha value is -3.72. The van der Waals surface area contributed by atoms with E-state index in [2.05, 4.69) is 11.2 Å². The van der Waals surface area contributed by atoms with Crippen LogP contribution in [0.5, 0.6) is 0 Å². The number of rotatable bonds is 6. The van der Waals surface area contributed by atoms with Gasteiger partial charge in [-0.25, -0.2) is 9.48 Å². The van der Waals surface area contributed by atoms with Crippen LogP contribution in [0.25, 0.3) is 5.69 Å². The molecule has 0 bridgehead atoms. The average molecular weight is 345 g/mol. The average Bonchev–Trinajstić information content (AvgIpc) is 3.05. The lowest BCUT2D eigenvalue weighted by molar-refractivity contribution is -0.117. The number of ketones is 1. The molecule has 1 heterocycles. The van der Waals surface area contributed by atoms with E-state index in [1.165, 1.54) is 16.8 Å². The van der Waals surface area contributed by atoms with Gasteiger partial charge in [0.1, 0.15) is 11.9 Å². The number of hydrogen-bond acceptors (Lipinski definition) is 4. The van der Waals surface area contributed by atoms with Gasteiger partial charge in [0.15, 0.2) is 0 Å². The van der Waals surface area contributed by atoms with Crippen LogP contribution in [0.4, 0.5) is 0 Å². The predicted molar refractivity (Wildman–Crippen MR) is 94.1 cm³/mol. The predicted octanol–water partition coefficient (Wildman–Crippen LogP) is 2.80. The fourth-order valence-corrected chi connectivity index (χ4v) is 2.60. The van der Waals surface area contributed by atoms with Crippen LogP contribution < -0.4 is 0 Å². The maximum absolute atomic E-state index is 12.3. The summed E-state index contributed by atoms with van der Waals surface area (Å²) in [7, 11) is 0. The zero-order valence-corrected chi connectivity index (χ0v) is 13.8. The van der Waals surface area contributed by atoms with Gasteiger partial charge in [0, 0.05) is 12.6 Å². The normalized spacial score (nSPS) is 10.3. The molecule has 0 unspecified atom stereocenters. The van der Waals surface area contributed by atoms with Gasteiger partial charge in [0.05, 0.1) is 28.9 Å². The van der Waals surface area contributed by atoms with E-state index in [1.807, 2.05) is 30.3 Å². The number of carboxylic acid groups (broad SMARTS) is 1. The standard InChI is InChI=1S/C20H15N3O3/c21-12-16-13-23(17-8-6-15(7-9-17)20(25)26)22-19(16)11-18(24)10-14-4-2-1-3-5-14/h1-9,13H,10-11H2,(H,25,26). The lowest BCUT2D eigenvalue weighted by atomic mass is 10.0. The zero-order valence-electron chi connectivity index (χ0n) is 13.8. The molecule has 0 saturated heterocycles. The van der Waals surface area contributed by atoms with E-state index in [9.17, 15) is 14.9 Å². The van der Waals surface area contributed by atoms with Crippen LogP contribution in [-0.2, 0) is 17.6 Å². The number of nitriles is 1. The smallest absolute Gasteiger partial charge is 0.335 e. The van der Waals surface area contributed by atoms with Crippen molar-refractivity contribution >= 4 is 11.8 Å². The van der Waals surface area contributed by atoms with Crippen LogP contribution in [0, 0.1) is 11.3 Å². The Morgan fingerprint density at radius 1 is 1.04 bits per heavy atom. The summed E-state index contributed by atoms with van der Waals surface area (Å²) in [4.78, 5) is 23.2. The Labute approximate surface area is 149 Å². The van der Waals surface area contributed by atoms with Crippen molar-refractivity contribution in [1.29, 1.82) is 5.26 Å². The second-order valence-corrected chi connectivity index (χ2v) is 5.78. The minimum atomic E-state index is -1.01. The number of aromatic carboxylic acids is 1. The highest BCUT2D eigenvalue weighted by Crippen LogP contribution is 2.15. The molecular formula is C20H15N3O3. The maximum Gasteiger partial charge on any atom is 0.335 e. The summed E-state index contributed by atoms with van der Waals surface area (Å²) in [5.74, 6) is -1.04. The van der Waals surface area contributed by atoms with Gasteiger partial charge in [0.25, 0.3) is 0 Å². The van der Waals surface area contributed by atoms with Crippen molar-refractivity contribution in [2.75, 3.05) is 0 Å². The minimum absolute atomic E-state index is 0.0285. The van der Waals surface area contributed by atoms with Crippen molar-refractivity contribution in [1.82, 2.24) is 9.78 Å². The van der Waals surface area contributed by atoms with Crippen molar-refractivity contribution in [2.24, 2.45) is 0 Å². The number of aromatic nitrogens is 2. The van der Waals surface area contributed by atoms with Gasteiger partial charge in [-0.3, -0.25) is 4.79 Å². The van der Waals surface area contributed by atoms with Crippen LogP contribution in [0.2, 0.25) is 0 Å². The Kier molecular flexibility index (Phi) is 4.90. The highest BCUT2D eigenvalue weighted by Gasteiger charge is 2.14. The third-order valence-corrected chi connectivity index (χ3v) is 3.90.